The van der Waals surface area contributed by atoms with E-state index in [1.807, 2.05) is 0 Å². The molecule has 0 N–H and O–H groups in total. The highest BCUT2D eigenvalue weighted by Gasteiger charge is 2.34. The van der Waals surface area contributed by atoms with Crippen LogP contribution in [0, 0.1) is 17.6 Å². The summed E-state index contributed by atoms with van der Waals surface area (Å²) in [7, 11) is -3.94. The summed E-state index contributed by atoms with van der Waals surface area (Å²) in [5.41, 5.74) is 0.544. The fourth-order valence-corrected chi connectivity index (χ4v) is 4.56. The fraction of sp³-hybridized carbons (Fsp3) is 0.316. The third kappa shape index (κ3) is 4.51. The van der Waals surface area contributed by atoms with Crippen LogP contribution in [0.5, 0.6) is 0 Å². The van der Waals surface area contributed by atoms with Gasteiger partial charge in [0.1, 0.15) is 23.1 Å². The predicted octanol–water partition coefficient (Wildman–Crippen LogP) is 3.11. The second-order valence-corrected chi connectivity index (χ2v) is 8.25. The molecule has 0 aliphatic carbocycles. The van der Waals surface area contributed by atoms with E-state index < -0.39 is 33.5 Å². The monoisotopic (exact) mass is 395 g/mol. The summed E-state index contributed by atoms with van der Waals surface area (Å²) >= 11 is 0. The van der Waals surface area contributed by atoms with Crippen LogP contribution in [-0.2, 0) is 26.2 Å². The molecule has 0 aromatic heterocycles. The van der Waals surface area contributed by atoms with Gasteiger partial charge in [-0.15, -0.1) is 0 Å². The number of piperidine rings is 1. The van der Waals surface area contributed by atoms with Crippen molar-refractivity contribution in [2.24, 2.45) is 5.92 Å². The van der Waals surface area contributed by atoms with Gasteiger partial charge < -0.3 is 4.74 Å². The Morgan fingerprint density at radius 2 is 1.78 bits per heavy atom. The number of halogens is 2. The zero-order chi connectivity index (χ0) is 19.4. The molecule has 0 bridgehead atoms. The number of rotatable bonds is 5. The van der Waals surface area contributed by atoms with Crippen LogP contribution in [0.15, 0.2) is 53.4 Å². The van der Waals surface area contributed by atoms with Crippen LogP contribution in [0.3, 0.4) is 0 Å². The van der Waals surface area contributed by atoms with Crippen molar-refractivity contribution in [3.63, 3.8) is 0 Å². The van der Waals surface area contributed by atoms with Crippen molar-refractivity contribution in [3.05, 3.63) is 65.7 Å². The molecule has 3 rings (SSSR count). The first-order valence-electron chi connectivity index (χ1n) is 8.53. The van der Waals surface area contributed by atoms with Crippen LogP contribution < -0.4 is 0 Å². The van der Waals surface area contributed by atoms with E-state index in [2.05, 4.69) is 0 Å². The highest BCUT2D eigenvalue weighted by molar-refractivity contribution is 7.89. The second kappa shape index (κ2) is 8.14. The highest BCUT2D eigenvalue weighted by Crippen LogP contribution is 2.26. The van der Waals surface area contributed by atoms with Crippen LogP contribution in [0.2, 0.25) is 0 Å². The third-order valence-electron chi connectivity index (χ3n) is 4.51. The maximum atomic E-state index is 13.8. The quantitative estimate of drug-likeness (QED) is 0.730. The number of hydrogen-bond donors (Lipinski definition) is 0. The normalized spacial score (nSPS) is 16.2. The maximum Gasteiger partial charge on any atom is 0.309 e. The SMILES string of the molecule is O=C(OCc1cccc(F)c1)C1CCN(S(=O)(=O)c2ccccc2F)CC1. The molecule has 0 spiro atoms. The van der Waals surface area contributed by atoms with E-state index in [0.29, 0.717) is 5.56 Å². The number of benzene rings is 2. The van der Waals surface area contributed by atoms with E-state index in [0.717, 1.165) is 6.07 Å². The van der Waals surface area contributed by atoms with Crippen molar-refractivity contribution in [1.29, 1.82) is 0 Å². The summed E-state index contributed by atoms with van der Waals surface area (Å²) in [4.78, 5) is 11.8. The first-order chi connectivity index (χ1) is 12.9. The molecular weight excluding hydrogens is 376 g/mol. The number of carbonyl (C=O) groups excluding carboxylic acids is 1. The van der Waals surface area contributed by atoms with Crippen LogP contribution >= 0.6 is 0 Å². The minimum Gasteiger partial charge on any atom is -0.461 e. The summed E-state index contributed by atoms with van der Waals surface area (Å²) in [5, 5.41) is 0. The number of ether oxygens (including phenoxy) is 1. The number of carbonyl (C=O) groups is 1. The fourth-order valence-electron chi connectivity index (χ4n) is 3.02. The smallest absolute Gasteiger partial charge is 0.309 e. The molecule has 0 radical (unpaired) electrons. The first kappa shape index (κ1) is 19.4. The lowest BCUT2D eigenvalue weighted by Gasteiger charge is -2.30. The van der Waals surface area contributed by atoms with Crippen molar-refractivity contribution in [3.8, 4) is 0 Å². The molecule has 2 aromatic rings. The van der Waals surface area contributed by atoms with Crippen molar-refractivity contribution in [2.45, 2.75) is 24.3 Å². The number of hydrogen-bond acceptors (Lipinski definition) is 4. The van der Waals surface area contributed by atoms with Crippen LogP contribution in [0.4, 0.5) is 8.78 Å². The Morgan fingerprint density at radius 3 is 2.44 bits per heavy atom. The molecule has 5 nitrogen and oxygen atoms in total. The minimum atomic E-state index is -3.94. The molecule has 1 saturated heterocycles. The van der Waals surface area contributed by atoms with Crippen molar-refractivity contribution in [1.82, 2.24) is 4.31 Å². The molecule has 1 fully saturated rings. The van der Waals surface area contributed by atoms with E-state index in [-0.39, 0.29) is 37.4 Å². The van der Waals surface area contributed by atoms with E-state index in [9.17, 15) is 22.0 Å². The van der Waals surface area contributed by atoms with Gasteiger partial charge in [-0.3, -0.25) is 4.79 Å². The molecule has 27 heavy (non-hydrogen) atoms. The van der Waals surface area contributed by atoms with E-state index >= 15 is 0 Å². The van der Waals surface area contributed by atoms with Gasteiger partial charge in [-0.25, -0.2) is 17.2 Å². The Morgan fingerprint density at radius 1 is 1.07 bits per heavy atom. The molecule has 1 aliphatic rings. The van der Waals surface area contributed by atoms with Gasteiger partial charge in [-0.2, -0.15) is 4.31 Å². The van der Waals surface area contributed by atoms with Gasteiger partial charge >= 0.3 is 5.97 Å². The lowest BCUT2D eigenvalue weighted by atomic mass is 9.98. The molecular formula is C19H19F2NO4S. The van der Waals surface area contributed by atoms with Crippen LogP contribution in [0.25, 0.3) is 0 Å². The Bertz CT molecular complexity index is 925. The third-order valence-corrected chi connectivity index (χ3v) is 6.44. The molecule has 1 aliphatic heterocycles. The van der Waals surface area contributed by atoms with Gasteiger partial charge in [0.05, 0.1) is 5.92 Å². The zero-order valence-electron chi connectivity index (χ0n) is 14.5. The van der Waals surface area contributed by atoms with Crippen molar-refractivity contribution >= 4 is 16.0 Å². The second-order valence-electron chi connectivity index (χ2n) is 6.35. The topological polar surface area (TPSA) is 63.7 Å². The zero-order valence-corrected chi connectivity index (χ0v) is 15.3. The van der Waals surface area contributed by atoms with Gasteiger partial charge in [0.15, 0.2) is 0 Å². The van der Waals surface area contributed by atoms with Gasteiger partial charge in [0.25, 0.3) is 0 Å². The molecule has 0 unspecified atom stereocenters. The van der Waals surface area contributed by atoms with Gasteiger partial charge in [-0.1, -0.05) is 24.3 Å². The Labute approximate surface area is 156 Å². The molecule has 0 saturated carbocycles. The molecule has 0 atom stereocenters. The first-order valence-corrected chi connectivity index (χ1v) is 9.97. The van der Waals surface area contributed by atoms with E-state index in [4.69, 9.17) is 4.74 Å². The molecule has 0 amide bonds. The average molecular weight is 395 g/mol. The molecule has 8 heteroatoms. The lowest BCUT2D eigenvalue weighted by molar-refractivity contribution is -0.151. The number of esters is 1. The molecule has 2 aromatic carbocycles. The van der Waals surface area contributed by atoms with E-state index in [1.54, 1.807) is 6.07 Å². The van der Waals surface area contributed by atoms with Crippen LogP contribution in [-0.4, -0.2) is 31.8 Å². The van der Waals surface area contributed by atoms with Gasteiger partial charge in [-0.05, 0) is 42.7 Å². The summed E-state index contributed by atoms with van der Waals surface area (Å²) in [6.45, 7) is 0.178. The van der Waals surface area contributed by atoms with E-state index in [1.165, 1.54) is 40.7 Å². The highest BCUT2D eigenvalue weighted by atomic mass is 32.2. The molecule has 1 heterocycles. The number of sulfonamides is 1. The maximum absolute atomic E-state index is 13.8. The van der Waals surface area contributed by atoms with Crippen molar-refractivity contribution < 1.29 is 26.7 Å². The number of nitrogens with zero attached hydrogens (tertiary/aromatic N) is 1. The Kier molecular flexibility index (Phi) is 5.86. The lowest BCUT2D eigenvalue weighted by Crippen LogP contribution is -2.40. The van der Waals surface area contributed by atoms with Crippen molar-refractivity contribution in [2.75, 3.05) is 13.1 Å². The standard InChI is InChI=1S/C19H19F2NO4S/c20-16-5-3-4-14(12-16)13-26-19(23)15-8-10-22(11-9-15)27(24,25)18-7-2-1-6-17(18)21/h1-7,12,15H,8-11,13H2. The Hall–Kier alpha value is -2.32. The summed E-state index contributed by atoms with van der Waals surface area (Å²) in [5.74, 6) is -2.09. The summed E-state index contributed by atoms with van der Waals surface area (Å²) in [6.07, 6.45) is 0.575. The van der Waals surface area contributed by atoms with Gasteiger partial charge in [0, 0.05) is 13.1 Å². The predicted molar refractivity (Wildman–Crippen MR) is 94.1 cm³/mol. The molecule has 144 valence electrons. The summed E-state index contributed by atoms with van der Waals surface area (Å²) < 4.78 is 58.5. The summed E-state index contributed by atoms with van der Waals surface area (Å²) in [6, 6.07) is 11.0. The minimum absolute atomic E-state index is 0.0374. The van der Waals surface area contributed by atoms with Crippen LogP contribution in [0.1, 0.15) is 18.4 Å². The average Bonchev–Trinajstić information content (AvgIpc) is 2.66. The van der Waals surface area contributed by atoms with Gasteiger partial charge in [0.2, 0.25) is 10.0 Å². The largest absolute Gasteiger partial charge is 0.461 e. The Balaban J connectivity index is 1.57.